The summed E-state index contributed by atoms with van der Waals surface area (Å²) in [4.78, 5) is 88.2. The predicted molar refractivity (Wildman–Crippen MR) is 373 cm³/mol. The number of amides is 3. The van der Waals surface area contributed by atoms with Crippen molar-refractivity contribution in [1.82, 2.24) is 40.6 Å². The van der Waals surface area contributed by atoms with Crippen LogP contribution in [-0.2, 0) is 74.4 Å². The summed E-state index contributed by atoms with van der Waals surface area (Å²) in [7, 11) is -4.37. The number of rotatable bonds is 34. The summed E-state index contributed by atoms with van der Waals surface area (Å²) in [5.74, 6) is -9.23. The Morgan fingerprint density at radius 3 is 2.34 bits per heavy atom. The van der Waals surface area contributed by atoms with E-state index in [9.17, 15) is 67.3 Å². The number of para-hydroxylation sites is 1. The van der Waals surface area contributed by atoms with E-state index in [0.717, 1.165) is 70.5 Å². The largest absolute Gasteiger partial charge is 0.503 e. The van der Waals surface area contributed by atoms with E-state index in [0.29, 0.717) is 78.8 Å². The number of aromatic nitrogens is 4. The minimum atomic E-state index is -4.37. The number of nitrogens with zero attached hydrogens (tertiary/aromatic N) is 6. The molecule has 7 aliphatic rings. The second-order valence-corrected chi connectivity index (χ2v) is 30.4. The molecule has 0 saturated heterocycles. The first kappa shape index (κ1) is 73.2. The molecule has 30 nitrogen and oxygen atoms in total. The highest BCUT2D eigenvalue weighted by molar-refractivity contribution is 7.85. The van der Waals surface area contributed by atoms with Crippen LogP contribution in [0, 0.1) is 23.2 Å². The number of esters is 1. The standard InChI is InChI=1S/C71H82N10O20S2/c1-42-49(47-14-15-54(77-58(47)64(89)90)79-23-18-43-8-6-9-48(50(43)32-79)63(88)78-67-76-51-10-4-5-11-53(51)102-67)30-75-81(42)41-70-36-68(2)35-69(3,37-70)39-71(38-68,40-70)99-25-21-73-31-57(84)98-33-44-12-13-46(100-66-61(87)59(85)60(86)62(101-66)65(91)92)28-52(44)97-27-26-96-24-20-72-29-45(34-103(93,94)95)74-19-7-22-80-55(82)16-17-56(80)83/h4-6,8-17,28,30,45,66,72-74,85-87H,7,18-27,29,31-41H2,1-3H3,(H,89,90)(H,91,92)(H,76,78,88)(H,93,94,95)/t45-,66+,68-,69?,70?,71+/m0/s1. The fraction of sp³-hybridized carbons (Fsp3) is 0.451. The quantitative estimate of drug-likeness (QED) is 0.00849. The molecule has 548 valence electrons. The number of hydrogen-bond donors (Lipinski definition) is 10. The van der Waals surface area contributed by atoms with Crippen molar-refractivity contribution < 1.29 is 95.7 Å². The van der Waals surface area contributed by atoms with Gasteiger partial charge in [0.15, 0.2) is 10.8 Å². The highest BCUT2D eigenvalue weighted by Crippen LogP contribution is 2.72. The molecule has 13 rings (SSSR count). The molecule has 3 amide bonds. The Labute approximate surface area is 596 Å². The van der Waals surface area contributed by atoms with Gasteiger partial charge in [-0.15, -0.1) is 0 Å². The van der Waals surface area contributed by atoms with Crippen molar-refractivity contribution in [3.05, 3.63) is 148 Å². The molecule has 0 spiro atoms. The predicted octanol–water partition coefficient (Wildman–Crippen LogP) is 6.91. The van der Waals surface area contributed by atoms with Crippen LogP contribution in [0.3, 0.4) is 0 Å². The van der Waals surface area contributed by atoms with Gasteiger partial charge in [0.1, 0.15) is 30.5 Å². The van der Waals surface area contributed by atoms with Gasteiger partial charge in [0, 0.05) is 98.0 Å². The number of anilines is 2. The number of benzene rings is 3. The fourth-order valence-corrected chi connectivity index (χ4v) is 17.9. The molecule has 6 heterocycles. The maximum absolute atomic E-state index is 13.8. The van der Waals surface area contributed by atoms with Gasteiger partial charge in [0.2, 0.25) is 17.3 Å². The number of aliphatic hydroxyl groups excluding tert-OH is 3. The highest BCUT2D eigenvalue weighted by atomic mass is 32.2. The van der Waals surface area contributed by atoms with Crippen molar-refractivity contribution in [1.29, 1.82) is 0 Å². The lowest BCUT2D eigenvalue weighted by molar-refractivity contribution is -0.247. The highest BCUT2D eigenvalue weighted by Gasteiger charge is 2.66. The van der Waals surface area contributed by atoms with Crippen LogP contribution >= 0.6 is 11.3 Å². The van der Waals surface area contributed by atoms with E-state index in [-0.39, 0.29) is 98.5 Å². The maximum atomic E-state index is 13.8. The molecule has 3 aliphatic heterocycles. The maximum Gasteiger partial charge on any atom is 0.375 e. The molecule has 4 bridgehead atoms. The number of aliphatic hydroxyl groups is 3. The lowest BCUT2D eigenvalue weighted by Crippen LogP contribution is -2.64. The van der Waals surface area contributed by atoms with Crippen molar-refractivity contribution in [2.24, 2.45) is 16.2 Å². The van der Waals surface area contributed by atoms with E-state index in [4.69, 9.17) is 38.5 Å². The van der Waals surface area contributed by atoms with Crippen molar-refractivity contribution in [2.45, 2.75) is 110 Å². The zero-order chi connectivity index (χ0) is 73.0. The first-order chi connectivity index (χ1) is 49.2. The number of fused-ring (bicyclic) bond motifs is 2. The number of carboxylic acids is 2. The molecule has 10 N–H and O–H groups in total. The van der Waals surface area contributed by atoms with E-state index < -0.39 is 86.6 Å². The molecule has 4 saturated carbocycles. The number of aliphatic carboxylic acids is 1. The number of carbonyl (C=O) groups is 6. The van der Waals surface area contributed by atoms with Gasteiger partial charge in [-0.1, -0.05) is 49.4 Å². The van der Waals surface area contributed by atoms with E-state index >= 15 is 0 Å². The van der Waals surface area contributed by atoms with Crippen molar-refractivity contribution in [2.75, 3.05) is 88.2 Å². The third-order valence-corrected chi connectivity index (χ3v) is 21.3. The minimum absolute atomic E-state index is 0.0118. The molecular weight excluding hydrogens is 1380 g/mol. The Hall–Kier alpha value is -9.54. The number of ether oxygens (including phenoxy) is 6. The van der Waals surface area contributed by atoms with Crippen LogP contribution < -0.4 is 35.6 Å². The smallest absolute Gasteiger partial charge is 0.375 e. The molecule has 32 heteroatoms. The van der Waals surface area contributed by atoms with Gasteiger partial charge < -0.3 is 74.8 Å². The second kappa shape index (κ2) is 30.4. The summed E-state index contributed by atoms with van der Waals surface area (Å²) in [5, 5.41) is 68.7. The molecule has 6 atom stereocenters. The van der Waals surface area contributed by atoms with Gasteiger partial charge in [0.25, 0.3) is 33.6 Å². The monoisotopic (exact) mass is 1460 g/mol. The Balaban J connectivity index is 0.633. The molecule has 0 radical (unpaired) electrons. The first-order valence-corrected chi connectivity index (χ1v) is 36.3. The number of pyridine rings is 1. The Morgan fingerprint density at radius 1 is 0.825 bits per heavy atom. The third kappa shape index (κ3) is 17.1. The summed E-state index contributed by atoms with van der Waals surface area (Å²) in [6.07, 6.45) is 8.65. The third-order valence-electron chi connectivity index (χ3n) is 19.5. The SMILES string of the molecule is Cc1c(-c2ccc(N3CCc4cccc(C(=O)Nc5nc6ccccc6s5)c4C3)nc2C(=O)O)cnn1CC12CC3(C)C[C@@](C)(C1)C[C@@](OCCNCC(=O)OCc1ccc(O[C@@H]4OC(C(=O)O)=C(O)C(O)=C4O)cc1OCCOCCNC[C@@H](CS(=O)(=O)O)NCCCN1C(=O)C=CC1=O)(C3)C2. The molecule has 2 unspecified atom stereocenters. The number of hydrogen-bond acceptors (Lipinski definition) is 25. The van der Waals surface area contributed by atoms with Crippen molar-refractivity contribution in [3.63, 3.8) is 0 Å². The van der Waals surface area contributed by atoms with Gasteiger partial charge in [-0.25, -0.2) is 19.6 Å². The molecular formula is C71H82N10O20S2. The zero-order valence-electron chi connectivity index (χ0n) is 57.0. The van der Waals surface area contributed by atoms with E-state index in [1.807, 2.05) is 59.0 Å². The first-order valence-electron chi connectivity index (χ1n) is 33.8. The summed E-state index contributed by atoms with van der Waals surface area (Å²) < 4.78 is 71.2. The van der Waals surface area contributed by atoms with Crippen LogP contribution in [0.15, 0.2) is 114 Å². The minimum Gasteiger partial charge on any atom is -0.503 e. The van der Waals surface area contributed by atoms with E-state index in [1.54, 1.807) is 18.3 Å². The summed E-state index contributed by atoms with van der Waals surface area (Å²) >= 11 is 1.40. The van der Waals surface area contributed by atoms with Gasteiger partial charge in [-0.05, 0) is 135 Å². The van der Waals surface area contributed by atoms with Gasteiger partial charge in [-0.3, -0.25) is 38.6 Å². The number of carboxylic acid groups (broad SMARTS) is 2. The summed E-state index contributed by atoms with van der Waals surface area (Å²) in [6.45, 7) is 9.12. The molecule has 3 aromatic heterocycles. The van der Waals surface area contributed by atoms with Crippen LogP contribution in [0.5, 0.6) is 11.5 Å². The number of aromatic carboxylic acids is 1. The van der Waals surface area contributed by atoms with Gasteiger partial charge >= 0.3 is 24.2 Å². The van der Waals surface area contributed by atoms with Crippen LogP contribution in [0.25, 0.3) is 21.3 Å². The van der Waals surface area contributed by atoms with Crippen molar-refractivity contribution >= 4 is 78.3 Å². The zero-order valence-corrected chi connectivity index (χ0v) is 58.6. The topological polar surface area (TPSA) is 412 Å². The fourth-order valence-electron chi connectivity index (χ4n) is 16.3. The van der Waals surface area contributed by atoms with Crippen LogP contribution in [-0.4, -0.2) is 195 Å². The summed E-state index contributed by atoms with van der Waals surface area (Å²) in [5.41, 5.74) is 4.73. The lowest BCUT2D eigenvalue weighted by Gasteiger charge is -2.69. The molecule has 103 heavy (non-hydrogen) atoms. The molecule has 6 aromatic rings. The Kier molecular flexibility index (Phi) is 21.6. The molecule has 3 aromatic carbocycles. The van der Waals surface area contributed by atoms with Crippen LogP contribution in [0.4, 0.5) is 10.9 Å². The lowest BCUT2D eigenvalue weighted by atomic mass is 9.39. The Bertz CT molecular complexity index is 4430. The van der Waals surface area contributed by atoms with Crippen LogP contribution in [0.1, 0.15) is 102 Å². The number of imide groups is 1. The van der Waals surface area contributed by atoms with Crippen LogP contribution in [0.2, 0.25) is 0 Å². The average Bonchev–Trinajstić information content (AvgIpc) is 0.958. The Morgan fingerprint density at radius 2 is 1.59 bits per heavy atom. The number of nitrogens with one attached hydrogen (secondary N) is 4. The normalized spacial score (nSPS) is 22.4. The van der Waals surface area contributed by atoms with Gasteiger partial charge in [0.05, 0.1) is 54.1 Å². The van der Waals surface area contributed by atoms with E-state index in [2.05, 4.69) is 40.1 Å². The average molecular weight is 1460 g/mol. The summed E-state index contributed by atoms with van der Waals surface area (Å²) in [6, 6.07) is 20.5. The number of thiazole rings is 1. The molecule has 4 fully saturated rings. The van der Waals surface area contributed by atoms with E-state index in [1.165, 1.54) is 41.7 Å². The second-order valence-electron chi connectivity index (χ2n) is 27.9. The molecule has 4 aliphatic carbocycles. The number of carbonyl (C=O) groups excluding carboxylic acids is 4. The van der Waals surface area contributed by atoms with Gasteiger partial charge in [-0.2, -0.15) is 13.5 Å². The van der Waals surface area contributed by atoms with Crippen molar-refractivity contribution in [3.8, 4) is 22.6 Å².